The van der Waals surface area contributed by atoms with Crippen LogP contribution in [0.25, 0.3) is 0 Å². The fourth-order valence-corrected chi connectivity index (χ4v) is 1.00. The standard InChI is InChI=1S/C4H8N2S/c1-6-4-5-2-3-7-6/h2H,3-4H2,1H3. The normalized spacial score (nSPS) is 23.0. The van der Waals surface area contributed by atoms with Crippen LogP contribution in [0.5, 0.6) is 0 Å². The predicted molar refractivity (Wildman–Crippen MR) is 33.6 cm³/mol. The number of aliphatic imine (C=N–C) groups is 1. The van der Waals surface area contributed by atoms with E-state index in [2.05, 4.69) is 9.30 Å². The second kappa shape index (κ2) is 2.33. The van der Waals surface area contributed by atoms with Crippen LogP contribution in [0.3, 0.4) is 0 Å². The van der Waals surface area contributed by atoms with Crippen LogP contribution in [0, 0.1) is 0 Å². The summed E-state index contributed by atoms with van der Waals surface area (Å²) >= 11 is 1.80. The highest BCUT2D eigenvalue weighted by Crippen LogP contribution is 2.07. The van der Waals surface area contributed by atoms with E-state index in [9.17, 15) is 0 Å². The highest BCUT2D eigenvalue weighted by atomic mass is 32.2. The zero-order valence-electron chi connectivity index (χ0n) is 4.29. The first-order valence-electron chi connectivity index (χ1n) is 2.22. The van der Waals surface area contributed by atoms with Gasteiger partial charge in [0.25, 0.3) is 0 Å². The van der Waals surface area contributed by atoms with E-state index in [1.807, 2.05) is 13.3 Å². The summed E-state index contributed by atoms with van der Waals surface area (Å²) in [6, 6.07) is 0. The Balaban J connectivity index is 2.32. The van der Waals surface area contributed by atoms with Gasteiger partial charge in [0, 0.05) is 12.0 Å². The lowest BCUT2D eigenvalue weighted by Crippen LogP contribution is -2.14. The Morgan fingerprint density at radius 3 is 3.00 bits per heavy atom. The van der Waals surface area contributed by atoms with Gasteiger partial charge >= 0.3 is 0 Å². The van der Waals surface area contributed by atoms with Crippen molar-refractivity contribution < 1.29 is 0 Å². The molecule has 0 bridgehead atoms. The fraction of sp³-hybridized carbons (Fsp3) is 0.750. The van der Waals surface area contributed by atoms with Crippen molar-refractivity contribution in [2.75, 3.05) is 19.5 Å². The topological polar surface area (TPSA) is 15.6 Å². The molecule has 1 heterocycles. The van der Waals surface area contributed by atoms with Gasteiger partial charge in [-0.3, -0.25) is 4.99 Å². The third-order valence-electron chi connectivity index (χ3n) is 0.779. The zero-order chi connectivity index (χ0) is 5.11. The van der Waals surface area contributed by atoms with Crippen molar-refractivity contribution in [1.82, 2.24) is 4.31 Å². The molecule has 3 heteroatoms. The number of hydrogen-bond acceptors (Lipinski definition) is 3. The Morgan fingerprint density at radius 1 is 1.86 bits per heavy atom. The highest BCUT2D eigenvalue weighted by Gasteiger charge is 1.97. The molecule has 1 aliphatic rings. The molecule has 1 aliphatic heterocycles. The molecule has 0 aliphatic carbocycles. The number of hydrogen-bond donors (Lipinski definition) is 0. The summed E-state index contributed by atoms with van der Waals surface area (Å²) in [6.45, 7) is 0.852. The van der Waals surface area contributed by atoms with Crippen molar-refractivity contribution >= 4 is 18.2 Å². The Morgan fingerprint density at radius 2 is 2.71 bits per heavy atom. The average molecular weight is 116 g/mol. The van der Waals surface area contributed by atoms with Gasteiger partial charge in [0.1, 0.15) is 0 Å². The SMILES string of the molecule is CN1CN=CCS1. The van der Waals surface area contributed by atoms with E-state index in [1.54, 1.807) is 11.9 Å². The van der Waals surface area contributed by atoms with Gasteiger partial charge in [-0.15, -0.1) is 0 Å². The maximum Gasteiger partial charge on any atom is 0.0995 e. The van der Waals surface area contributed by atoms with Crippen LogP contribution in [-0.2, 0) is 0 Å². The van der Waals surface area contributed by atoms with Crippen LogP contribution in [-0.4, -0.2) is 30.0 Å². The number of rotatable bonds is 0. The Kier molecular flexibility index (Phi) is 1.70. The van der Waals surface area contributed by atoms with E-state index in [1.165, 1.54) is 0 Å². The summed E-state index contributed by atoms with van der Waals surface area (Å²) in [5.41, 5.74) is 0. The van der Waals surface area contributed by atoms with E-state index in [0.717, 1.165) is 12.4 Å². The van der Waals surface area contributed by atoms with Crippen LogP contribution in [0.1, 0.15) is 0 Å². The van der Waals surface area contributed by atoms with Gasteiger partial charge in [-0.1, -0.05) is 11.9 Å². The fourth-order valence-electron chi connectivity index (χ4n) is 0.427. The van der Waals surface area contributed by atoms with Crippen molar-refractivity contribution in [2.45, 2.75) is 0 Å². The minimum Gasteiger partial charge on any atom is -0.280 e. The lowest BCUT2D eigenvalue weighted by molar-refractivity contribution is 0.585. The Hall–Kier alpha value is -0.0200. The van der Waals surface area contributed by atoms with Gasteiger partial charge in [0.15, 0.2) is 0 Å². The molecule has 0 saturated heterocycles. The first-order chi connectivity index (χ1) is 3.39. The van der Waals surface area contributed by atoms with Crippen molar-refractivity contribution in [1.29, 1.82) is 0 Å². The molecular formula is C4H8N2S. The van der Waals surface area contributed by atoms with Crippen molar-refractivity contribution in [3.8, 4) is 0 Å². The van der Waals surface area contributed by atoms with Gasteiger partial charge in [-0.25, -0.2) is 4.31 Å². The van der Waals surface area contributed by atoms with E-state index >= 15 is 0 Å². The van der Waals surface area contributed by atoms with Gasteiger partial charge in [0.05, 0.1) is 6.67 Å². The molecule has 0 aromatic heterocycles. The number of nitrogens with zero attached hydrogens (tertiary/aromatic N) is 2. The highest BCUT2D eigenvalue weighted by molar-refractivity contribution is 7.97. The third kappa shape index (κ3) is 1.49. The molecule has 0 N–H and O–H groups in total. The summed E-state index contributed by atoms with van der Waals surface area (Å²) in [5, 5.41) is 0. The van der Waals surface area contributed by atoms with E-state index in [0.29, 0.717) is 0 Å². The maximum atomic E-state index is 4.04. The van der Waals surface area contributed by atoms with Crippen LogP contribution >= 0.6 is 11.9 Å². The molecular weight excluding hydrogens is 108 g/mol. The Bertz CT molecular complexity index is 81.8. The molecule has 0 unspecified atom stereocenters. The average Bonchev–Trinajstić information content (AvgIpc) is 1.69. The zero-order valence-corrected chi connectivity index (χ0v) is 5.11. The molecule has 0 aromatic rings. The molecule has 0 spiro atoms. The van der Waals surface area contributed by atoms with Gasteiger partial charge < -0.3 is 0 Å². The summed E-state index contributed by atoms with van der Waals surface area (Å²) in [6.07, 6.45) is 1.95. The molecule has 0 amide bonds. The van der Waals surface area contributed by atoms with Crippen LogP contribution in [0.15, 0.2) is 4.99 Å². The molecule has 2 nitrogen and oxygen atoms in total. The molecule has 0 atom stereocenters. The third-order valence-corrected chi connectivity index (χ3v) is 1.63. The van der Waals surface area contributed by atoms with Gasteiger partial charge in [0.2, 0.25) is 0 Å². The van der Waals surface area contributed by atoms with E-state index < -0.39 is 0 Å². The van der Waals surface area contributed by atoms with Crippen molar-refractivity contribution in [3.63, 3.8) is 0 Å². The molecule has 1 rings (SSSR count). The largest absolute Gasteiger partial charge is 0.280 e. The van der Waals surface area contributed by atoms with E-state index in [4.69, 9.17) is 0 Å². The second-order valence-electron chi connectivity index (χ2n) is 1.43. The molecule has 0 fully saturated rings. The molecule has 0 aromatic carbocycles. The van der Waals surface area contributed by atoms with Crippen LogP contribution in [0.2, 0.25) is 0 Å². The second-order valence-corrected chi connectivity index (χ2v) is 2.65. The first kappa shape index (κ1) is 5.12. The Labute approximate surface area is 47.7 Å². The lowest BCUT2D eigenvalue weighted by Gasteiger charge is -2.13. The molecule has 7 heavy (non-hydrogen) atoms. The molecule has 0 radical (unpaired) electrons. The predicted octanol–water partition coefficient (Wildman–Crippen LogP) is 0.608. The van der Waals surface area contributed by atoms with Gasteiger partial charge in [-0.05, 0) is 7.05 Å². The first-order valence-corrected chi connectivity index (χ1v) is 3.16. The van der Waals surface area contributed by atoms with Crippen molar-refractivity contribution in [2.24, 2.45) is 4.99 Å². The summed E-state index contributed by atoms with van der Waals surface area (Å²) in [5.74, 6) is 1.04. The maximum absolute atomic E-state index is 4.04. The summed E-state index contributed by atoms with van der Waals surface area (Å²) < 4.78 is 2.11. The van der Waals surface area contributed by atoms with Gasteiger partial charge in [-0.2, -0.15) is 0 Å². The smallest absolute Gasteiger partial charge is 0.0995 e. The summed E-state index contributed by atoms with van der Waals surface area (Å²) in [7, 11) is 2.04. The lowest BCUT2D eigenvalue weighted by atomic mass is 10.8. The monoisotopic (exact) mass is 116 g/mol. The van der Waals surface area contributed by atoms with Crippen LogP contribution in [0.4, 0.5) is 0 Å². The van der Waals surface area contributed by atoms with Crippen molar-refractivity contribution in [3.05, 3.63) is 0 Å². The minimum absolute atomic E-state index is 0.852. The minimum atomic E-state index is 0.852. The quantitative estimate of drug-likeness (QED) is 0.431. The molecule has 40 valence electrons. The summed E-state index contributed by atoms with van der Waals surface area (Å²) in [4.78, 5) is 4.04. The molecule has 0 saturated carbocycles. The van der Waals surface area contributed by atoms with E-state index in [-0.39, 0.29) is 0 Å². The van der Waals surface area contributed by atoms with Crippen LogP contribution < -0.4 is 0 Å².